The fraction of sp³-hybridized carbons (Fsp3) is 0.231. The number of nitrogens with one attached hydrogen (secondary N) is 1. The highest BCUT2D eigenvalue weighted by molar-refractivity contribution is 6.21. The van der Waals surface area contributed by atoms with Gasteiger partial charge in [-0.05, 0) is 54.4 Å². The molecule has 0 saturated carbocycles. The summed E-state index contributed by atoms with van der Waals surface area (Å²) >= 11 is 0. The molecule has 2 aliphatic rings. The average Bonchev–Trinajstić information content (AvgIpc) is 3.35. The molecular weight excluding hydrogens is 430 g/mol. The van der Waals surface area contributed by atoms with Crippen LogP contribution in [0.25, 0.3) is 11.0 Å². The minimum atomic E-state index is -0.245. The van der Waals surface area contributed by atoms with Gasteiger partial charge in [0.1, 0.15) is 17.9 Å². The minimum absolute atomic E-state index is 0.204. The third kappa shape index (κ3) is 3.34. The molecule has 0 aliphatic carbocycles. The predicted octanol–water partition coefficient (Wildman–Crippen LogP) is 3.03. The van der Waals surface area contributed by atoms with Gasteiger partial charge in [0, 0.05) is 19.2 Å². The molecule has 3 aromatic carbocycles. The fourth-order valence-corrected chi connectivity index (χ4v) is 4.89. The molecule has 1 aromatic heterocycles. The zero-order valence-electron chi connectivity index (χ0n) is 18.7. The van der Waals surface area contributed by atoms with Gasteiger partial charge >= 0.3 is 0 Å². The van der Waals surface area contributed by atoms with Crippen molar-refractivity contribution in [2.75, 3.05) is 13.1 Å². The lowest BCUT2D eigenvalue weighted by Gasteiger charge is -2.31. The van der Waals surface area contributed by atoms with Crippen LogP contribution >= 0.6 is 0 Å². The van der Waals surface area contributed by atoms with Crippen LogP contribution in [0.2, 0.25) is 0 Å². The molecule has 3 heterocycles. The summed E-state index contributed by atoms with van der Waals surface area (Å²) in [6, 6.07) is 18.8. The molecule has 0 fully saturated rings. The second-order valence-electron chi connectivity index (χ2n) is 8.68. The highest BCUT2D eigenvalue weighted by atomic mass is 16.5. The zero-order valence-corrected chi connectivity index (χ0v) is 18.7. The van der Waals surface area contributed by atoms with Crippen molar-refractivity contribution < 1.29 is 14.3 Å². The summed E-state index contributed by atoms with van der Waals surface area (Å²) in [6.07, 6.45) is 0.858. The van der Waals surface area contributed by atoms with Crippen LogP contribution < -0.4 is 10.1 Å². The summed E-state index contributed by atoms with van der Waals surface area (Å²) < 4.78 is 8.01. The first-order valence-electron chi connectivity index (χ1n) is 11.3. The Morgan fingerprint density at radius 1 is 1.03 bits per heavy atom. The molecule has 8 heteroatoms. The molecule has 1 atom stereocenters. The van der Waals surface area contributed by atoms with E-state index in [0.29, 0.717) is 17.7 Å². The first-order valence-corrected chi connectivity index (χ1v) is 11.3. The SMILES string of the molecule is Cn1nnc2cc(COc3cccc4c3[C@@H](CN3C(=O)c5ccccc5C3=O)NCC4)ccc21. The molecule has 4 aromatic rings. The van der Waals surface area contributed by atoms with Crippen LogP contribution in [0.15, 0.2) is 60.7 Å². The van der Waals surface area contributed by atoms with Gasteiger partial charge in [-0.15, -0.1) is 5.10 Å². The summed E-state index contributed by atoms with van der Waals surface area (Å²) in [7, 11) is 1.86. The van der Waals surface area contributed by atoms with Gasteiger partial charge < -0.3 is 10.1 Å². The van der Waals surface area contributed by atoms with E-state index in [2.05, 4.69) is 21.7 Å². The Balaban J connectivity index is 1.26. The Hall–Kier alpha value is -4.04. The van der Waals surface area contributed by atoms with Gasteiger partial charge in [-0.2, -0.15) is 0 Å². The quantitative estimate of drug-likeness (QED) is 0.467. The highest BCUT2D eigenvalue weighted by Gasteiger charge is 2.38. The van der Waals surface area contributed by atoms with E-state index in [9.17, 15) is 9.59 Å². The molecule has 0 spiro atoms. The molecule has 1 N–H and O–H groups in total. The summed E-state index contributed by atoms with van der Waals surface area (Å²) in [6.45, 7) is 1.40. The van der Waals surface area contributed by atoms with E-state index in [1.54, 1.807) is 28.9 Å². The highest BCUT2D eigenvalue weighted by Crippen LogP contribution is 2.34. The second-order valence-corrected chi connectivity index (χ2v) is 8.68. The van der Waals surface area contributed by atoms with Gasteiger partial charge in [-0.25, -0.2) is 4.68 Å². The largest absolute Gasteiger partial charge is 0.489 e. The number of aromatic nitrogens is 3. The molecule has 34 heavy (non-hydrogen) atoms. The third-order valence-corrected chi connectivity index (χ3v) is 6.60. The summed E-state index contributed by atoms with van der Waals surface area (Å²) in [5.74, 6) is 0.265. The van der Waals surface area contributed by atoms with Crippen LogP contribution in [0.1, 0.15) is 43.4 Å². The summed E-state index contributed by atoms with van der Waals surface area (Å²) in [5.41, 5.74) is 5.88. The van der Waals surface area contributed by atoms with Crippen molar-refractivity contribution in [2.24, 2.45) is 7.05 Å². The van der Waals surface area contributed by atoms with E-state index < -0.39 is 0 Å². The van der Waals surface area contributed by atoms with Crippen molar-refractivity contribution in [3.63, 3.8) is 0 Å². The van der Waals surface area contributed by atoms with E-state index in [-0.39, 0.29) is 24.4 Å². The topological polar surface area (TPSA) is 89.3 Å². The lowest BCUT2D eigenvalue weighted by molar-refractivity contribution is 0.0636. The van der Waals surface area contributed by atoms with Crippen molar-refractivity contribution in [1.82, 2.24) is 25.2 Å². The molecule has 0 saturated heterocycles. The van der Waals surface area contributed by atoms with Crippen molar-refractivity contribution in [3.05, 3.63) is 88.5 Å². The van der Waals surface area contributed by atoms with Crippen LogP contribution in [-0.4, -0.2) is 44.8 Å². The van der Waals surface area contributed by atoms with Crippen LogP contribution in [0.3, 0.4) is 0 Å². The molecule has 0 radical (unpaired) electrons. The maximum Gasteiger partial charge on any atom is 0.261 e. The maximum absolute atomic E-state index is 12.9. The van der Waals surface area contributed by atoms with E-state index in [1.807, 2.05) is 37.4 Å². The van der Waals surface area contributed by atoms with E-state index in [4.69, 9.17) is 4.74 Å². The number of nitrogens with zero attached hydrogens (tertiary/aromatic N) is 4. The van der Waals surface area contributed by atoms with Gasteiger partial charge in [0.25, 0.3) is 11.8 Å². The molecule has 0 unspecified atom stereocenters. The number of hydrogen-bond acceptors (Lipinski definition) is 6. The smallest absolute Gasteiger partial charge is 0.261 e. The van der Waals surface area contributed by atoms with Crippen molar-refractivity contribution in [3.8, 4) is 5.75 Å². The van der Waals surface area contributed by atoms with Crippen LogP contribution in [0.4, 0.5) is 0 Å². The molecule has 0 bridgehead atoms. The predicted molar refractivity (Wildman–Crippen MR) is 126 cm³/mol. The molecule has 2 amide bonds. The van der Waals surface area contributed by atoms with E-state index in [1.165, 1.54) is 10.5 Å². The zero-order chi connectivity index (χ0) is 23.2. The van der Waals surface area contributed by atoms with Crippen molar-refractivity contribution in [2.45, 2.75) is 19.1 Å². The number of amides is 2. The Morgan fingerprint density at radius 2 is 1.82 bits per heavy atom. The molecule has 6 rings (SSSR count). The van der Waals surface area contributed by atoms with Crippen molar-refractivity contribution in [1.29, 1.82) is 0 Å². The average molecular weight is 454 g/mol. The number of hydrogen-bond donors (Lipinski definition) is 1. The fourth-order valence-electron chi connectivity index (χ4n) is 4.89. The number of ether oxygens (including phenoxy) is 1. The molecule has 8 nitrogen and oxygen atoms in total. The van der Waals surface area contributed by atoms with Crippen LogP contribution in [-0.2, 0) is 20.1 Å². The maximum atomic E-state index is 12.9. The number of imide groups is 1. The summed E-state index contributed by atoms with van der Waals surface area (Å²) in [5, 5.41) is 11.7. The van der Waals surface area contributed by atoms with Gasteiger partial charge in [-0.3, -0.25) is 14.5 Å². The Labute approximate surface area is 196 Å². The standard InChI is InChI=1S/C26H23N5O3/c1-30-22-10-9-16(13-20(22)28-29-30)15-34-23-8-4-5-17-11-12-27-21(24(17)23)14-31-25(32)18-6-2-3-7-19(18)26(31)33/h2-10,13,21,27H,11-12,14-15H2,1H3/t21-/m1/s1. The number of aryl methyl sites for hydroxylation is 1. The number of carbonyl (C=O) groups excluding carboxylic acids is 2. The second kappa shape index (κ2) is 8.07. The minimum Gasteiger partial charge on any atom is -0.489 e. The van der Waals surface area contributed by atoms with Crippen molar-refractivity contribution >= 4 is 22.8 Å². The van der Waals surface area contributed by atoms with Crippen LogP contribution in [0.5, 0.6) is 5.75 Å². The summed E-state index contributed by atoms with van der Waals surface area (Å²) in [4.78, 5) is 27.2. The Bertz CT molecular complexity index is 1410. The Morgan fingerprint density at radius 3 is 2.62 bits per heavy atom. The van der Waals surface area contributed by atoms with Gasteiger partial charge in [0.05, 0.1) is 22.7 Å². The molecule has 170 valence electrons. The van der Waals surface area contributed by atoms with E-state index >= 15 is 0 Å². The first kappa shape index (κ1) is 20.6. The molecular formula is C26H23N5O3. The normalized spacial score (nSPS) is 17.2. The van der Waals surface area contributed by atoms with Crippen LogP contribution in [0, 0.1) is 0 Å². The Kier molecular flexibility index (Phi) is 4.88. The molecule has 2 aliphatic heterocycles. The van der Waals surface area contributed by atoms with Gasteiger partial charge in [0.2, 0.25) is 0 Å². The lowest BCUT2D eigenvalue weighted by Crippen LogP contribution is -2.41. The van der Waals surface area contributed by atoms with Gasteiger partial charge in [-0.1, -0.05) is 35.5 Å². The van der Waals surface area contributed by atoms with E-state index in [0.717, 1.165) is 40.9 Å². The number of benzene rings is 3. The number of carbonyl (C=O) groups is 2. The third-order valence-electron chi connectivity index (χ3n) is 6.60. The van der Waals surface area contributed by atoms with Gasteiger partial charge in [0.15, 0.2) is 0 Å². The first-order chi connectivity index (χ1) is 16.6. The lowest BCUT2D eigenvalue weighted by atomic mass is 9.93. The number of rotatable bonds is 5. The number of fused-ring (bicyclic) bond motifs is 3. The monoisotopic (exact) mass is 453 g/mol.